The smallest absolute Gasteiger partial charge is 0.280 e. The van der Waals surface area contributed by atoms with Gasteiger partial charge in [-0.15, -0.1) is 0 Å². The van der Waals surface area contributed by atoms with Crippen molar-refractivity contribution in [2.75, 3.05) is 39.3 Å². The summed E-state index contributed by atoms with van der Waals surface area (Å²) in [6.07, 6.45) is 3.21. The van der Waals surface area contributed by atoms with Crippen LogP contribution in [0.2, 0.25) is 0 Å². The zero-order chi connectivity index (χ0) is 22.4. The molecule has 1 aliphatic heterocycles. The second kappa shape index (κ2) is 10.2. The molecular formula is C21H29N6O4+. The maximum absolute atomic E-state index is 12.9. The zero-order valence-corrected chi connectivity index (χ0v) is 18.0. The van der Waals surface area contributed by atoms with Gasteiger partial charge in [0.15, 0.2) is 0 Å². The van der Waals surface area contributed by atoms with Crippen LogP contribution >= 0.6 is 0 Å². The highest BCUT2D eigenvalue weighted by molar-refractivity contribution is 5.81. The van der Waals surface area contributed by atoms with Gasteiger partial charge in [0.05, 0.1) is 55.4 Å². The Hall–Kier alpha value is -3.27. The maximum atomic E-state index is 12.9. The van der Waals surface area contributed by atoms with Gasteiger partial charge in [-0.05, 0) is 18.6 Å². The molecule has 0 bridgehead atoms. The number of H-pyrrole nitrogens is 1. The number of aryl methyl sites for hydroxylation is 1. The average Bonchev–Trinajstić information content (AvgIpc) is 3.07. The summed E-state index contributed by atoms with van der Waals surface area (Å²) in [6.45, 7) is 8.45. The third-order valence-electron chi connectivity index (χ3n) is 5.55. The van der Waals surface area contributed by atoms with E-state index in [1.165, 1.54) is 21.7 Å². The number of hydrogen-bond acceptors (Lipinski definition) is 5. The molecule has 0 saturated carbocycles. The first kappa shape index (κ1) is 22.4. The topological polar surface area (TPSA) is 118 Å². The number of hydrogen-bond donors (Lipinski definition) is 2. The molecule has 1 fully saturated rings. The molecule has 2 heterocycles. The summed E-state index contributed by atoms with van der Waals surface area (Å²) in [6, 6.07) is 5.86. The Morgan fingerprint density at radius 2 is 1.97 bits per heavy atom. The Morgan fingerprint density at radius 1 is 1.29 bits per heavy atom. The van der Waals surface area contributed by atoms with Crippen molar-refractivity contribution in [3.8, 4) is 5.69 Å². The number of nitrogens with one attached hydrogen (secondary N) is 2. The van der Waals surface area contributed by atoms with Crippen molar-refractivity contribution in [2.24, 2.45) is 4.99 Å². The summed E-state index contributed by atoms with van der Waals surface area (Å²) in [4.78, 5) is 42.5. The first-order chi connectivity index (χ1) is 14.9. The predicted octanol–water partition coefficient (Wildman–Crippen LogP) is 0.192. The van der Waals surface area contributed by atoms with Gasteiger partial charge in [0.2, 0.25) is 5.91 Å². The number of nitro groups is 1. The van der Waals surface area contributed by atoms with Gasteiger partial charge in [-0.3, -0.25) is 29.8 Å². The van der Waals surface area contributed by atoms with E-state index in [1.54, 1.807) is 25.3 Å². The van der Waals surface area contributed by atoms with E-state index in [1.807, 2.05) is 11.8 Å². The van der Waals surface area contributed by atoms with Crippen molar-refractivity contribution in [2.45, 2.75) is 26.7 Å². The number of carbonyl (C=O) groups is 1. The lowest BCUT2D eigenvalue weighted by Crippen LogP contribution is -3.15. The molecule has 10 nitrogen and oxygen atoms in total. The molecule has 3 rings (SSSR count). The first-order valence-electron chi connectivity index (χ1n) is 10.6. The normalized spacial score (nSPS) is 15.0. The third-order valence-corrected chi connectivity index (χ3v) is 5.55. The van der Waals surface area contributed by atoms with E-state index in [-0.39, 0.29) is 17.2 Å². The highest BCUT2D eigenvalue weighted by Crippen LogP contribution is 2.14. The third kappa shape index (κ3) is 5.46. The number of amides is 1. The van der Waals surface area contributed by atoms with E-state index >= 15 is 0 Å². The van der Waals surface area contributed by atoms with Gasteiger partial charge < -0.3 is 9.80 Å². The standard InChI is InChI=1S/C21H28N6O4/c1-3-4-20-19(15-22-9-10-24-11-13-25(14-12-24)16(2)28)21(29)26(23-20)17-5-7-18(8-6-17)27(30)31/h5-8,15,23H,3-4,9-14H2,1-2H3/p+1. The van der Waals surface area contributed by atoms with Crippen LogP contribution in [0, 0.1) is 10.1 Å². The number of rotatable bonds is 8. The van der Waals surface area contributed by atoms with Gasteiger partial charge in [0, 0.05) is 31.0 Å². The van der Waals surface area contributed by atoms with E-state index in [0.29, 0.717) is 24.2 Å². The quantitative estimate of drug-likeness (QED) is 0.354. The molecule has 1 aliphatic rings. The summed E-state index contributed by atoms with van der Waals surface area (Å²) in [5.74, 6) is 0.122. The number of non-ortho nitro benzene ring substituents is 1. The lowest BCUT2D eigenvalue weighted by Gasteiger charge is -2.31. The van der Waals surface area contributed by atoms with Gasteiger partial charge in [0.1, 0.15) is 0 Å². The van der Waals surface area contributed by atoms with Gasteiger partial charge in [-0.1, -0.05) is 13.3 Å². The zero-order valence-electron chi connectivity index (χ0n) is 18.0. The number of benzene rings is 1. The van der Waals surface area contributed by atoms with Gasteiger partial charge in [0.25, 0.3) is 11.2 Å². The van der Waals surface area contributed by atoms with Crippen molar-refractivity contribution >= 4 is 17.8 Å². The van der Waals surface area contributed by atoms with Gasteiger partial charge >= 0.3 is 0 Å². The van der Waals surface area contributed by atoms with E-state index in [4.69, 9.17) is 0 Å². The molecule has 166 valence electrons. The molecule has 2 N–H and O–H groups in total. The second-order valence-electron chi connectivity index (χ2n) is 7.71. The minimum Gasteiger partial charge on any atom is -0.332 e. The number of quaternary nitrogens is 1. The van der Waals surface area contributed by atoms with Crippen LogP contribution in [-0.2, 0) is 11.2 Å². The highest BCUT2D eigenvalue weighted by Gasteiger charge is 2.21. The molecule has 1 aromatic carbocycles. The fourth-order valence-electron chi connectivity index (χ4n) is 3.74. The molecule has 0 spiro atoms. The number of carbonyl (C=O) groups excluding carboxylic acids is 1. The van der Waals surface area contributed by atoms with Crippen molar-refractivity contribution in [1.82, 2.24) is 14.7 Å². The van der Waals surface area contributed by atoms with E-state index < -0.39 is 4.92 Å². The van der Waals surface area contributed by atoms with Crippen LogP contribution in [0.4, 0.5) is 5.69 Å². The van der Waals surface area contributed by atoms with Crippen molar-refractivity contribution in [3.05, 3.63) is 56.0 Å². The Morgan fingerprint density at radius 3 is 2.55 bits per heavy atom. The van der Waals surface area contributed by atoms with Crippen molar-refractivity contribution in [3.63, 3.8) is 0 Å². The van der Waals surface area contributed by atoms with Gasteiger partial charge in [-0.2, -0.15) is 0 Å². The van der Waals surface area contributed by atoms with Crippen LogP contribution in [0.1, 0.15) is 31.5 Å². The van der Waals surface area contributed by atoms with Crippen LogP contribution < -0.4 is 10.5 Å². The van der Waals surface area contributed by atoms with Crippen molar-refractivity contribution < 1.29 is 14.6 Å². The van der Waals surface area contributed by atoms with Crippen molar-refractivity contribution in [1.29, 1.82) is 0 Å². The molecule has 0 unspecified atom stereocenters. The van der Waals surface area contributed by atoms with E-state index in [0.717, 1.165) is 44.8 Å². The minimum atomic E-state index is -0.468. The highest BCUT2D eigenvalue weighted by atomic mass is 16.6. The number of nitro benzene ring substituents is 1. The van der Waals surface area contributed by atoms with E-state index in [9.17, 15) is 19.7 Å². The Kier molecular flexibility index (Phi) is 7.35. The van der Waals surface area contributed by atoms with Crippen LogP contribution in [0.5, 0.6) is 0 Å². The molecule has 1 saturated heterocycles. The van der Waals surface area contributed by atoms with Crippen LogP contribution in [0.25, 0.3) is 5.69 Å². The Bertz CT molecular complexity index is 1000. The number of aliphatic imine (C=N–C) groups is 1. The first-order valence-corrected chi connectivity index (χ1v) is 10.6. The lowest BCUT2D eigenvalue weighted by atomic mass is 10.2. The minimum absolute atomic E-state index is 0.0226. The van der Waals surface area contributed by atoms with Crippen LogP contribution in [-0.4, -0.2) is 71.0 Å². The summed E-state index contributed by atoms with van der Waals surface area (Å²) in [7, 11) is 0. The molecule has 10 heteroatoms. The molecule has 0 aliphatic carbocycles. The van der Waals surface area contributed by atoms with Crippen LogP contribution in [0.15, 0.2) is 34.1 Å². The van der Waals surface area contributed by atoms with Gasteiger partial charge in [-0.25, -0.2) is 4.68 Å². The maximum Gasteiger partial charge on any atom is 0.280 e. The molecule has 1 aromatic heterocycles. The van der Waals surface area contributed by atoms with Crippen LogP contribution in [0.3, 0.4) is 0 Å². The summed E-state index contributed by atoms with van der Waals surface area (Å²) < 4.78 is 1.41. The number of aromatic nitrogens is 2. The fraction of sp³-hybridized carbons (Fsp3) is 0.476. The number of aromatic amines is 1. The summed E-state index contributed by atoms with van der Waals surface area (Å²) >= 11 is 0. The molecular weight excluding hydrogens is 400 g/mol. The Balaban J connectivity index is 1.68. The summed E-state index contributed by atoms with van der Waals surface area (Å²) in [5.41, 5.74) is 1.63. The molecule has 1 amide bonds. The lowest BCUT2D eigenvalue weighted by molar-refractivity contribution is -0.902. The van der Waals surface area contributed by atoms with E-state index in [2.05, 4.69) is 10.1 Å². The molecule has 0 radical (unpaired) electrons. The number of piperazine rings is 1. The SMILES string of the molecule is CCCc1[nH]n(-c2ccc([N+](=O)[O-])cc2)c(=O)c1C=NCC[NH+]1CCN(C(C)=O)CC1. The fourth-order valence-corrected chi connectivity index (χ4v) is 3.74. The molecule has 31 heavy (non-hydrogen) atoms. The molecule has 2 aromatic rings. The largest absolute Gasteiger partial charge is 0.332 e. The second-order valence-corrected chi connectivity index (χ2v) is 7.71. The average molecular weight is 430 g/mol. The number of nitrogens with zero attached hydrogens (tertiary/aromatic N) is 4. The monoisotopic (exact) mass is 429 g/mol. The molecule has 0 atom stereocenters. The predicted molar refractivity (Wildman–Crippen MR) is 117 cm³/mol. The Labute approximate surface area is 180 Å². The summed E-state index contributed by atoms with van der Waals surface area (Å²) in [5, 5.41) is 14.0.